The first-order valence-electron chi connectivity index (χ1n) is 13.1. The third kappa shape index (κ3) is 13.7. The lowest BCUT2D eigenvalue weighted by Crippen LogP contribution is -2.36. The summed E-state index contributed by atoms with van der Waals surface area (Å²) in [7, 11) is -2.69. The van der Waals surface area contributed by atoms with E-state index in [0.29, 0.717) is 6.42 Å². The molecule has 0 aromatic carbocycles. The van der Waals surface area contributed by atoms with Crippen LogP contribution in [0.15, 0.2) is 23.0 Å². The summed E-state index contributed by atoms with van der Waals surface area (Å²) in [5.74, 6) is 6.90. The molecule has 190 valence electrons. The molecular weight excluding hydrogens is 439 g/mol. The van der Waals surface area contributed by atoms with Crippen molar-refractivity contribution in [2.24, 2.45) is 10.8 Å². The Bertz CT molecular complexity index is 749. The monoisotopic (exact) mass is 492 g/mol. The maximum absolute atomic E-state index is 14.9. The van der Waals surface area contributed by atoms with Crippen LogP contribution in [-0.2, 0) is 4.43 Å². The van der Waals surface area contributed by atoms with Crippen LogP contribution >= 0.6 is 0 Å². The van der Waals surface area contributed by atoms with Gasteiger partial charge in [-0.2, -0.15) is 0 Å². The van der Waals surface area contributed by atoms with E-state index in [2.05, 4.69) is 84.9 Å². The average Bonchev–Trinajstić information content (AvgIpc) is 3.41. The molecule has 1 aliphatic rings. The highest BCUT2D eigenvalue weighted by Gasteiger charge is 2.46. The minimum absolute atomic E-state index is 0.0780. The summed E-state index contributed by atoms with van der Waals surface area (Å²) in [6, 6.07) is 1.08. The summed E-state index contributed by atoms with van der Waals surface area (Å²) in [4.78, 5) is 0. The van der Waals surface area contributed by atoms with Gasteiger partial charge in [0, 0.05) is 18.9 Å². The third-order valence-corrected chi connectivity index (χ3v) is 8.84. The first-order chi connectivity index (χ1) is 14.9. The molecule has 0 saturated heterocycles. The predicted molar refractivity (Wildman–Crippen MR) is 151 cm³/mol. The van der Waals surface area contributed by atoms with Crippen LogP contribution in [0.4, 0.5) is 4.39 Å². The van der Waals surface area contributed by atoms with Gasteiger partial charge in [-0.05, 0) is 88.4 Å². The number of hydrogen-bond donors (Lipinski definition) is 0. The van der Waals surface area contributed by atoms with E-state index in [0.717, 1.165) is 43.7 Å². The predicted octanol–water partition coefficient (Wildman–Crippen LogP) is 9.90. The molecule has 0 heterocycles. The van der Waals surface area contributed by atoms with Gasteiger partial charge in [-0.3, -0.25) is 0 Å². The average molecular weight is 493 g/mol. The van der Waals surface area contributed by atoms with Crippen molar-refractivity contribution in [2.45, 2.75) is 137 Å². The normalized spacial score (nSPS) is 18.4. The molecule has 0 N–H and O–H groups in total. The second kappa shape index (κ2) is 12.4. The van der Waals surface area contributed by atoms with Crippen molar-refractivity contribution in [2.75, 3.05) is 0 Å². The number of halogens is 1. The lowest BCUT2D eigenvalue weighted by Gasteiger charge is -2.31. The van der Waals surface area contributed by atoms with Gasteiger partial charge in [-0.15, -0.1) is 11.8 Å². The van der Waals surface area contributed by atoms with Crippen molar-refractivity contribution in [1.82, 2.24) is 0 Å². The van der Waals surface area contributed by atoms with Gasteiger partial charge in [-0.25, -0.2) is 4.39 Å². The van der Waals surface area contributed by atoms with Crippen molar-refractivity contribution in [3.05, 3.63) is 23.0 Å². The standard InChI is InChI=1S/C29H53FOSi2/c1-24(18-20-28(3,4)19-12-13-23-32(6,7)8)14-15-25(2)26(30)16-17-27(29(5)21-22-29)31-33(9,10)11/h18,27H,14-17,19-23H2,1-11H3/b24-18+,26-25-. The Hall–Kier alpha value is -0.636. The molecule has 0 aromatic heterocycles. The van der Waals surface area contributed by atoms with Gasteiger partial charge in [0.15, 0.2) is 8.32 Å². The topological polar surface area (TPSA) is 9.23 Å². The molecule has 0 spiro atoms. The van der Waals surface area contributed by atoms with Gasteiger partial charge in [-0.1, -0.05) is 52.1 Å². The van der Waals surface area contributed by atoms with E-state index in [9.17, 15) is 4.39 Å². The van der Waals surface area contributed by atoms with Crippen LogP contribution in [0.2, 0.25) is 45.3 Å². The van der Waals surface area contributed by atoms with Gasteiger partial charge in [0.1, 0.15) is 0 Å². The summed E-state index contributed by atoms with van der Waals surface area (Å²) in [5.41, 5.74) is 2.73. The minimum atomic E-state index is -1.62. The molecule has 1 nitrogen and oxygen atoms in total. The van der Waals surface area contributed by atoms with Crippen LogP contribution in [-0.4, -0.2) is 22.5 Å². The van der Waals surface area contributed by atoms with Crippen LogP contribution in [0.25, 0.3) is 0 Å². The Labute approximate surface area is 208 Å². The first-order valence-corrected chi connectivity index (χ1v) is 20.2. The molecule has 4 heteroatoms. The molecule has 0 aromatic rings. The zero-order valence-electron chi connectivity index (χ0n) is 23.8. The fourth-order valence-corrected chi connectivity index (χ4v) is 5.65. The highest BCUT2D eigenvalue weighted by Crippen LogP contribution is 2.51. The summed E-state index contributed by atoms with van der Waals surface area (Å²) >= 11 is 0. The largest absolute Gasteiger partial charge is 0.414 e. The van der Waals surface area contributed by atoms with Crippen LogP contribution in [0.5, 0.6) is 0 Å². The molecule has 1 aliphatic carbocycles. The smallest absolute Gasteiger partial charge is 0.184 e. The molecule has 1 rings (SSSR count). The molecule has 1 saturated carbocycles. The van der Waals surface area contributed by atoms with Gasteiger partial charge < -0.3 is 4.43 Å². The van der Waals surface area contributed by atoms with Crippen molar-refractivity contribution in [3.63, 3.8) is 0 Å². The molecule has 0 bridgehead atoms. The Morgan fingerprint density at radius 2 is 1.64 bits per heavy atom. The van der Waals surface area contributed by atoms with Crippen LogP contribution in [0, 0.1) is 22.7 Å². The van der Waals surface area contributed by atoms with E-state index in [1.807, 2.05) is 6.92 Å². The van der Waals surface area contributed by atoms with E-state index < -0.39 is 16.4 Å². The Balaban J connectivity index is 2.52. The SMILES string of the molecule is C/C(CC/C(C)=C/CC(C)(C)CC#CC[Si](C)(C)C)=C(/F)CCC(O[Si](C)(C)C)C1(C)CC1. The summed E-state index contributed by atoms with van der Waals surface area (Å²) in [5, 5.41) is 0. The van der Waals surface area contributed by atoms with Crippen LogP contribution in [0.1, 0.15) is 86.0 Å². The summed E-state index contributed by atoms with van der Waals surface area (Å²) in [6.07, 6.45) is 10.0. The molecule has 0 amide bonds. The lowest BCUT2D eigenvalue weighted by atomic mass is 9.85. The molecule has 0 radical (unpaired) electrons. The van der Waals surface area contributed by atoms with E-state index >= 15 is 0 Å². The van der Waals surface area contributed by atoms with Gasteiger partial charge in [0.2, 0.25) is 0 Å². The molecule has 1 fully saturated rings. The summed E-state index contributed by atoms with van der Waals surface area (Å²) in [6.45, 7) is 24.9. The maximum Gasteiger partial charge on any atom is 0.184 e. The minimum Gasteiger partial charge on any atom is -0.414 e. The van der Waals surface area contributed by atoms with Crippen molar-refractivity contribution >= 4 is 16.4 Å². The van der Waals surface area contributed by atoms with Crippen LogP contribution < -0.4 is 0 Å². The van der Waals surface area contributed by atoms with E-state index in [1.54, 1.807) is 0 Å². The number of hydrogen-bond acceptors (Lipinski definition) is 1. The van der Waals surface area contributed by atoms with Gasteiger partial charge in [0.25, 0.3) is 0 Å². The number of allylic oxidation sites excluding steroid dienone is 4. The zero-order chi connectivity index (χ0) is 25.5. The molecule has 1 atom stereocenters. The fourth-order valence-electron chi connectivity index (χ4n) is 3.74. The summed E-state index contributed by atoms with van der Waals surface area (Å²) < 4.78 is 21.3. The quantitative estimate of drug-likeness (QED) is 0.141. The van der Waals surface area contributed by atoms with Crippen LogP contribution in [0.3, 0.4) is 0 Å². The molecule has 1 unspecified atom stereocenters. The molecular formula is C29H53FOSi2. The molecule has 0 aliphatic heterocycles. The van der Waals surface area contributed by atoms with Gasteiger partial charge in [0.05, 0.1) is 20.0 Å². The highest BCUT2D eigenvalue weighted by molar-refractivity contribution is 6.76. The Morgan fingerprint density at radius 3 is 2.15 bits per heavy atom. The lowest BCUT2D eigenvalue weighted by molar-refractivity contribution is 0.111. The van der Waals surface area contributed by atoms with E-state index in [1.165, 1.54) is 18.4 Å². The van der Waals surface area contributed by atoms with Gasteiger partial charge >= 0.3 is 0 Å². The Morgan fingerprint density at radius 1 is 1.03 bits per heavy atom. The van der Waals surface area contributed by atoms with Crippen molar-refractivity contribution in [3.8, 4) is 11.8 Å². The first kappa shape index (κ1) is 30.4. The fraction of sp³-hybridized carbons (Fsp3) is 0.793. The Kier molecular flexibility index (Phi) is 11.4. The second-order valence-electron chi connectivity index (χ2n) is 13.8. The second-order valence-corrected chi connectivity index (χ2v) is 23.7. The van der Waals surface area contributed by atoms with E-state index in [-0.39, 0.29) is 22.8 Å². The number of rotatable bonds is 13. The maximum atomic E-state index is 14.9. The van der Waals surface area contributed by atoms with Crippen molar-refractivity contribution in [1.29, 1.82) is 0 Å². The van der Waals surface area contributed by atoms with E-state index in [4.69, 9.17) is 4.43 Å². The van der Waals surface area contributed by atoms with Crippen molar-refractivity contribution < 1.29 is 8.82 Å². The third-order valence-electron chi connectivity index (χ3n) is 6.61. The molecule has 33 heavy (non-hydrogen) atoms. The zero-order valence-corrected chi connectivity index (χ0v) is 25.8. The highest BCUT2D eigenvalue weighted by atomic mass is 28.4.